The molecule has 0 unspecified atom stereocenters. The van der Waals surface area contributed by atoms with E-state index < -0.39 is 5.97 Å². The third-order valence-electron chi connectivity index (χ3n) is 3.94. The minimum Gasteiger partial charge on any atom is -0.454 e. The number of nitrogens with one attached hydrogen (secondary N) is 1. The highest BCUT2D eigenvalue weighted by Gasteiger charge is 2.21. The largest absolute Gasteiger partial charge is 0.454 e. The highest BCUT2D eigenvalue weighted by molar-refractivity contribution is 7.13. The van der Waals surface area contributed by atoms with Crippen LogP contribution in [0.25, 0.3) is 16.3 Å². The monoisotopic (exact) mass is 377 g/mol. The Balaban J connectivity index is 1.61. The van der Waals surface area contributed by atoms with Gasteiger partial charge in [-0.3, -0.25) is 4.79 Å². The fourth-order valence-electron chi connectivity index (χ4n) is 2.62. The number of carbonyl (C=O) groups is 2. The highest BCUT2D eigenvalue weighted by atomic mass is 32.1. The molecule has 0 bridgehead atoms. The zero-order valence-corrected chi connectivity index (χ0v) is 15.0. The van der Waals surface area contributed by atoms with Gasteiger partial charge in [-0.05, 0) is 35.7 Å². The number of benzene rings is 1. The Hall–Kier alpha value is -3.45. The third kappa shape index (κ3) is 3.58. The lowest BCUT2D eigenvalue weighted by molar-refractivity contribution is 0.0474. The first-order valence-electron chi connectivity index (χ1n) is 8.25. The van der Waals surface area contributed by atoms with Crippen molar-refractivity contribution in [2.45, 2.75) is 0 Å². The lowest BCUT2D eigenvalue weighted by Crippen LogP contribution is -2.14. The first-order valence-corrected chi connectivity index (χ1v) is 9.13. The first-order chi connectivity index (χ1) is 13.2. The number of carbonyl (C=O) groups excluding carboxylic acids is 2. The number of ketones is 1. The summed E-state index contributed by atoms with van der Waals surface area (Å²) in [6, 6.07) is 16.6. The molecule has 4 rings (SSSR count). The van der Waals surface area contributed by atoms with Crippen LogP contribution in [0.15, 0.2) is 72.4 Å². The van der Waals surface area contributed by atoms with Crippen LogP contribution in [0.2, 0.25) is 0 Å². The van der Waals surface area contributed by atoms with Crippen LogP contribution >= 0.6 is 11.3 Å². The van der Waals surface area contributed by atoms with Crippen molar-refractivity contribution in [1.82, 2.24) is 14.8 Å². The van der Waals surface area contributed by atoms with E-state index in [9.17, 15) is 9.59 Å². The molecule has 6 nitrogen and oxygen atoms in total. The van der Waals surface area contributed by atoms with Crippen LogP contribution in [0, 0.1) is 0 Å². The summed E-state index contributed by atoms with van der Waals surface area (Å²) in [5, 5.41) is 6.47. The summed E-state index contributed by atoms with van der Waals surface area (Å²) < 4.78 is 6.88. The van der Waals surface area contributed by atoms with Crippen molar-refractivity contribution in [3.8, 4) is 16.3 Å². The predicted octanol–water partition coefficient (Wildman–Crippen LogP) is 3.97. The smallest absolute Gasteiger partial charge is 0.342 e. The SMILES string of the molecule is O=C(COC(=O)c1cn(-c2ccccc2)nc1-c1cccs1)c1ccc[nH]1. The number of esters is 1. The van der Waals surface area contributed by atoms with Crippen molar-refractivity contribution in [2.24, 2.45) is 0 Å². The van der Waals surface area contributed by atoms with Crippen molar-refractivity contribution >= 4 is 23.1 Å². The number of hydrogen-bond donors (Lipinski definition) is 1. The van der Waals surface area contributed by atoms with Gasteiger partial charge >= 0.3 is 5.97 Å². The average Bonchev–Trinajstić information content (AvgIpc) is 3.47. The molecular formula is C20H15N3O3S. The van der Waals surface area contributed by atoms with Gasteiger partial charge in [0.25, 0.3) is 0 Å². The number of aromatic nitrogens is 3. The Bertz CT molecular complexity index is 1050. The molecule has 3 heterocycles. The van der Waals surface area contributed by atoms with E-state index in [0.29, 0.717) is 17.0 Å². The molecule has 0 saturated heterocycles. The van der Waals surface area contributed by atoms with Crippen LogP contribution in [0.4, 0.5) is 0 Å². The van der Waals surface area contributed by atoms with Crippen molar-refractivity contribution in [3.63, 3.8) is 0 Å². The van der Waals surface area contributed by atoms with Gasteiger partial charge in [-0.15, -0.1) is 11.3 Å². The van der Waals surface area contributed by atoms with Gasteiger partial charge < -0.3 is 9.72 Å². The molecule has 0 aliphatic carbocycles. The minimum absolute atomic E-state index is 0.290. The topological polar surface area (TPSA) is 77.0 Å². The first kappa shape index (κ1) is 17.0. The van der Waals surface area contributed by atoms with E-state index in [2.05, 4.69) is 10.1 Å². The van der Waals surface area contributed by atoms with E-state index in [4.69, 9.17) is 4.74 Å². The summed E-state index contributed by atoms with van der Waals surface area (Å²) in [4.78, 5) is 28.4. The lowest BCUT2D eigenvalue weighted by Gasteiger charge is -2.03. The summed E-state index contributed by atoms with van der Waals surface area (Å²) in [6.45, 7) is -0.334. The molecule has 0 fully saturated rings. The molecule has 27 heavy (non-hydrogen) atoms. The lowest BCUT2D eigenvalue weighted by atomic mass is 10.2. The maximum atomic E-state index is 12.6. The molecule has 134 valence electrons. The van der Waals surface area contributed by atoms with Gasteiger partial charge in [-0.25, -0.2) is 9.48 Å². The number of ether oxygens (including phenoxy) is 1. The van der Waals surface area contributed by atoms with E-state index in [1.165, 1.54) is 11.3 Å². The van der Waals surface area contributed by atoms with E-state index in [1.807, 2.05) is 47.8 Å². The summed E-state index contributed by atoms with van der Waals surface area (Å²) in [5.41, 5.74) is 2.09. The molecule has 0 aliphatic heterocycles. The van der Waals surface area contributed by atoms with E-state index in [1.54, 1.807) is 29.2 Å². The molecule has 0 spiro atoms. The van der Waals surface area contributed by atoms with Crippen LogP contribution in [0.1, 0.15) is 20.8 Å². The summed E-state index contributed by atoms with van der Waals surface area (Å²) >= 11 is 1.48. The van der Waals surface area contributed by atoms with Crippen LogP contribution in [0.5, 0.6) is 0 Å². The zero-order chi connectivity index (χ0) is 18.6. The number of Topliss-reactive ketones (excluding diaryl/α,β-unsaturated/α-hetero) is 1. The molecular weight excluding hydrogens is 362 g/mol. The molecule has 7 heteroatoms. The van der Waals surface area contributed by atoms with Gasteiger partial charge in [0.15, 0.2) is 6.61 Å². The normalized spacial score (nSPS) is 10.7. The summed E-state index contributed by atoms with van der Waals surface area (Å²) in [7, 11) is 0. The zero-order valence-electron chi connectivity index (χ0n) is 14.2. The molecule has 0 atom stereocenters. The number of para-hydroxylation sites is 1. The Morgan fingerprint density at radius 2 is 1.93 bits per heavy atom. The summed E-state index contributed by atoms with van der Waals surface area (Å²) in [5.74, 6) is -0.873. The second kappa shape index (κ2) is 7.43. The maximum Gasteiger partial charge on any atom is 0.342 e. The fourth-order valence-corrected chi connectivity index (χ4v) is 3.35. The Morgan fingerprint density at radius 3 is 2.63 bits per heavy atom. The number of nitrogens with zero attached hydrogens (tertiary/aromatic N) is 2. The van der Waals surface area contributed by atoms with Crippen LogP contribution in [-0.2, 0) is 4.74 Å². The quantitative estimate of drug-likeness (QED) is 0.407. The second-order valence-corrected chi connectivity index (χ2v) is 6.68. The second-order valence-electron chi connectivity index (χ2n) is 5.73. The third-order valence-corrected chi connectivity index (χ3v) is 4.82. The van der Waals surface area contributed by atoms with Crippen LogP contribution < -0.4 is 0 Å². The molecule has 0 aliphatic rings. The van der Waals surface area contributed by atoms with Crippen molar-refractivity contribution < 1.29 is 14.3 Å². The number of hydrogen-bond acceptors (Lipinski definition) is 5. The van der Waals surface area contributed by atoms with Crippen molar-refractivity contribution in [3.05, 3.63) is 83.6 Å². The molecule has 3 aromatic heterocycles. The Labute approximate surface area is 159 Å². The van der Waals surface area contributed by atoms with E-state index >= 15 is 0 Å². The van der Waals surface area contributed by atoms with Gasteiger partial charge in [0.1, 0.15) is 11.3 Å². The van der Waals surface area contributed by atoms with E-state index in [0.717, 1.165) is 10.6 Å². The van der Waals surface area contributed by atoms with Gasteiger partial charge in [0.05, 0.1) is 16.3 Å². The molecule has 0 radical (unpaired) electrons. The van der Waals surface area contributed by atoms with Gasteiger partial charge in [0.2, 0.25) is 5.78 Å². The molecule has 0 saturated carbocycles. The molecule has 1 aromatic carbocycles. The van der Waals surface area contributed by atoms with Gasteiger partial charge in [0, 0.05) is 12.4 Å². The van der Waals surface area contributed by atoms with Crippen molar-refractivity contribution in [2.75, 3.05) is 6.61 Å². The van der Waals surface area contributed by atoms with Crippen molar-refractivity contribution in [1.29, 1.82) is 0 Å². The van der Waals surface area contributed by atoms with Crippen LogP contribution in [-0.4, -0.2) is 33.1 Å². The standard InChI is InChI=1S/C20H15N3O3S/c24-17(16-8-4-10-21-16)13-26-20(25)15-12-23(14-6-2-1-3-7-14)22-19(15)18-9-5-11-27-18/h1-12,21H,13H2. The number of thiophene rings is 1. The van der Waals surface area contributed by atoms with E-state index in [-0.39, 0.29) is 12.4 Å². The highest BCUT2D eigenvalue weighted by Crippen LogP contribution is 2.28. The predicted molar refractivity (Wildman–Crippen MR) is 102 cm³/mol. The van der Waals surface area contributed by atoms with Gasteiger partial charge in [-0.2, -0.15) is 5.10 Å². The number of rotatable bonds is 6. The fraction of sp³-hybridized carbons (Fsp3) is 0.0500. The van der Waals surface area contributed by atoms with Gasteiger partial charge in [-0.1, -0.05) is 24.3 Å². The molecule has 0 amide bonds. The Kier molecular flexibility index (Phi) is 4.67. The molecule has 4 aromatic rings. The number of aromatic amines is 1. The minimum atomic E-state index is -0.583. The molecule has 1 N–H and O–H groups in total. The maximum absolute atomic E-state index is 12.6. The number of H-pyrrole nitrogens is 1. The summed E-state index contributed by atoms with van der Waals surface area (Å²) in [6.07, 6.45) is 3.28. The van der Waals surface area contributed by atoms with Crippen LogP contribution in [0.3, 0.4) is 0 Å². The average molecular weight is 377 g/mol. The Morgan fingerprint density at radius 1 is 1.07 bits per heavy atom.